The largest absolute Gasteiger partial charge is 0.378 e. The van der Waals surface area contributed by atoms with Gasteiger partial charge in [-0.3, -0.25) is 9.69 Å². The third-order valence-electron chi connectivity index (χ3n) is 4.01. The molecular weight excluding hydrogens is 256 g/mol. The number of nitrogens with zero attached hydrogens (tertiary/aromatic N) is 2. The normalized spacial score (nSPS) is 30.7. The van der Waals surface area contributed by atoms with E-state index in [1.807, 2.05) is 0 Å². The van der Waals surface area contributed by atoms with Crippen LogP contribution < -0.4 is 0 Å². The molecule has 0 N–H and O–H groups in total. The average molecular weight is 278 g/mol. The van der Waals surface area contributed by atoms with Crippen LogP contribution in [0.2, 0.25) is 0 Å². The van der Waals surface area contributed by atoms with E-state index in [0.29, 0.717) is 44.9 Å². The minimum Gasteiger partial charge on any atom is -0.378 e. The summed E-state index contributed by atoms with van der Waals surface area (Å²) in [6.07, 6.45) is 1.69. The summed E-state index contributed by atoms with van der Waals surface area (Å²) < 4.78 is 5.46. The number of aldehydes is 1. The number of ether oxygens (including phenoxy) is 1. The third-order valence-corrected chi connectivity index (χ3v) is 4.01. The Morgan fingerprint density at radius 1 is 1.35 bits per heavy atom. The molecule has 110 valence electrons. The van der Waals surface area contributed by atoms with Crippen molar-refractivity contribution in [3.8, 4) is 11.8 Å². The standard InChI is InChI=1S/C15H22N2O3/c1-12-10-20-11-13(2)17(12)6-3-4-15(19)16-7-5-14(8-16)9-18/h9,12-14H,5-8,10-11H2,1-2H3. The minimum atomic E-state index is -0.164. The molecule has 3 atom stereocenters. The van der Waals surface area contributed by atoms with Crippen LogP contribution in [0.4, 0.5) is 0 Å². The summed E-state index contributed by atoms with van der Waals surface area (Å²) in [6, 6.07) is 0.656. The summed E-state index contributed by atoms with van der Waals surface area (Å²) in [6.45, 7) is 7.38. The van der Waals surface area contributed by atoms with E-state index < -0.39 is 0 Å². The molecule has 3 unspecified atom stereocenters. The molecule has 5 nitrogen and oxygen atoms in total. The van der Waals surface area contributed by atoms with Crippen molar-refractivity contribution in [3.05, 3.63) is 0 Å². The second-order valence-electron chi connectivity index (χ2n) is 5.65. The molecule has 1 amide bonds. The number of rotatable bonds is 2. The third kappa shape index (κ3) is 3.59. The molecule has 2 aliphatic rings. The van der Waals surface area contributed by atoms with E-state index >= 15 is 0 Å². The minimum absolute atomic E-state index is 0.0139. The predicted octanol–water partition coefficient (Wildman–Crippen LogP) is 0.146. The fourth-order valence-corrected chi connectivity index (χ4v) is 2.72. The van der Waals surface area contributed by atoms with Crippen LogP contribution in [0.5, 0.6) is 0 Å². The van der Waals surface area contributed by atoms with Crippen LogP contribution in [0.15, 0.2) is 0 Å². The van der Waals surface area contributed by atoms with Crippen molar-refractivity contribution < 1.29 is 14.3 Å². The van der Waals surface area contributed by atoms with Crippen LogP contribution in [-0.4, -0.2) is 66.9 Å². The Labute approximate surface area is 120 Å². The molecule has 0 aromatic heterocycles. The molecule has 0 aromatic rings. The molecule has 0 saturated carbocycles. The first-order chi connectivity index (χ1) is 9.61. The number of hydrogen-bond acceptors (Lipinski definition) is 4. The summed E-state index contributed by atoms with van der Waals surface area (Å²) >= 11 is 0. The van der Waals surface area contributed by atoms with Crippen LogP contribution in [0.3, 0.4) is 0 Å². The smallest absolute Gasteiger partial charge is 0.298 e. The van der Waals surface area contributed by atoms with Crippen LogP contribution >= 0.6 is 0 Å². The Balaban J connectivity index is 1.84. The van der Waals surface area contributed by atoms with Crippen LogP contribution in [0.1, 0.15) is 20.3 Å². The van der Waals surface area contributed by atoms with E-state index in [-0.39, 0.29) is 11.8 Å². The lowest BCUT2D eigenvalue weighted by Crippen LogP contribution is -2.49. The van der Waals surface area contributed by atoms with E-state index in [1.54, 1.807) is 4.90 Å². The van der Waals surface area contributed by atoms with Crippen LogP contribution in [-0.2, 0) is 14.3 Å². The van der Waals surface area contributed by atoms with E-state index in [0.717, 1.165) is 12.7 Å². The molecule has 0 aromatic carbocycles. The molecule has 2 rings (SSSR count). The van der Waals surface area contributed by atoms with Gasteiger partial charge in [-0.05, 0) is 26.2 Å². The zero-order valence-electron chi connectivity index (χ0n) is 12.2. The number of carbonyl (C=O) groups is 2. The number of carbonyl (C=O) groups excluding carboxylic acids is 2. The Morgan fingerprint density at radius 3 is 2.65 bits per heavy atom. The Hall–Kier alpha value is -1.38. The Bertz CT molecular complexity index is 417. The number of hydrogen-bond donors (Lipinski definition) is 0. The van der Waals surface area contributed by atoms with Gasteiger partial charge in [-0.25, -0.2) is 0 Å². The molecule has 2 aliphatic heterocycles. The van der Waals surface area contributed by atoms with Gasteiger partial charge in [-0.15, -0.1) is 0 Å². The van der Waals surface area contributed by atoms with Crippen molar-refractivity contribution in [1.82, 2.24) is 9.80 Å². The maximum Gasteiger partial charge on any atom is 0.298 e. The highest BCUT2D eigenvalue weighted by Crippen LogP contribution is 2.14. The molecule has 0 aliphatic carbocycles. The summed E-state index contributed by atoms with van der Waals surface area (Å²) in [5, 5.41) is 0. The summed E-state index contributed by atoms with van der Waals surface area (Å²) in [5.41, 5.74) is 0. The van der Waals surface area contributed by atoms with Gasteiger partial charge in [-0.2, -0.15) is 0 Å². The maximum atomic E-state index is 11.9. The van der Waals surface area contributed by atoms with Gasteiger partial charge in [0.2, 0.25) is 0 Å². The number of amides is 1. The van der Waals surface area contributed by atoms with Gasteiger partial charge >= 0.3 is 0 Å². The fourth-order valence-electron chi connectivity index (χ4n) is 2.72. The zero-order valence-corrected chi connectivity index (χ0v) is 12.2. The number of morpholine rings is 1. The first-order valence-corrected chi connectivity index (χ1v) is 7.18. The van der Waals surface area contributed by atoms with E-state index in [1.165, 1.54) is 0 Å². The van der Waals surface area contributed by atoms with Crippen LogP contribution in [0.25, 0.3) is 0 Å². The molecule has 0 bridgehead atoms. The van der Waals surface area contributed by atoms with E-state index in [2.05, 4.69) is 30.6 Å². The highest BCUT2D eigenvalue weighted by atomic mass is 16.5. The monoisotopic (exact) mass is 278 g/mol. The highest BCUT2D eigenvalue weighted by molar-refractivity contribution is 5.94. The van der Waals surface area contributed by atoms with Crippen molar-refractivity contribution in [2.24, 2.45) is 5.92 Å². The van der Waals surface area contributed by atoms with Crippen molar-refractivity contribution in [1.29, 1.82) is 0 Å². The first-order valence-electron chi connectivity index (χ1n) is 7.18. The quantitative estimate of drug-likeness (QED) is 0.533. The van der Waals surface area contributed by atoms with Gasteiger partial charge in [0.15, 0.2) is 0 Å². The molecule has 0 spiro atoms. The summed E-state index contributed by atoms with van der Waals surface area (Å²) in [5.74, 6) is 5.48. The second-order valence-corrected chi connectivity index (χ2v) is 5.65. The molecule has 2 fully saturated rings. The SMILES string of the molecule is CC1COCC(C)N1CC#CC(=O)N1CCC(C=O)C1. The topological polar surface area (TPSA) is 49.9 Å². The lowest BCUT2D eigenvalue weighted by Gasteiger charge is -2.37. The van der Waals surface area contributed by atoms with Gasteiger partial charge < -0.3 is 14.4 Å². The Morgan fingerprint density at radius 2 is 2.05 bits per heavy atom. The number of likely N-dealkylation sites (tertiary alicyclic amines) is 1. The summed E-state index contributed by atoms with van der Waals surface area (Å²) in [7, 11) is 0. The molecule has 0 radical (unpaired) electrons. The second kappa shape index (κ2) is 6.87. The van der Waals surface area contributed by atoms with Crippen LogP contribution in [0, 0.1) is 17.8 Å². The van der Waals surface area contributed by atoms with Crippen molar-refractivity contribution in [3.63, 3.8) is 0 Å². The van der Waals surface area contributed by atoms with Gasteiger partial charge in [0.25, 0.3) is 5.91 Å². The predicted molar refractivity (Wildman–Crippen MR) is 75.0 cm³/mol. The van der Waals surface area contributed by atoms with E-state index in [9.17, 15) is 9.59 Å². The lowest BCUT2D eigenvalue weighted by molar-refractivity contribution is -0.124. The Kier molecular flexibility index (Phi) is 5.16. The molecular formula is C15H22N2O3. The molecule has 20 heavy (non-hydrogen) atoms. The molecule has 2 heterocycles. The van der Waals surface area contributed by atoms with Crippen molar-refractivity contribution >= 4 is 12.2 Å². The lowest BCUT2D eigenvalue weighted by atomic mass is 10.1. The van der Waals surface area contributed by atoms with Gasteiger partial charge in [-0.1, -0.05) is 5.92 Å². The van der Waals surface area contributed by atoms with Gasteiger partial charge in [0.1, 0.15) is 6.29 Å². The van der Waals surface area contributed by atoms with Gasteiger partial charge in [0, 0.05) is 31.1 Å². The first kappa shape index (κ1) is 15.0. The highest BCUT2D eigenvalue weighted by Gasteiger charge is 2.26. The van der Waals surface area contributed by atoms with Crippen molar-refractivity contribution in [2.45, 2.75) is 32.4 Å². The molecule has 5 heteroatoms. The molecule has 2 saturated heterocycles. The van der Waals surface area contributed by atoms with Crippen molar-refractivity contribution in [2.75, 3.05) is 32.8 Å². The maximum absolute atomic E-state index is 11.9. The average Bonchev–Trinajstić information content (AvgIpc) is 2.91. The fraction of sp³-hybridized carbons (Fsp3) is 0.733. The van der Waals surface area contributed by atoms with Gasteiger partial charge in [0.05, 0.1) is 19.8 Å². The van der Waals surface area contributed by atoms with E-state index in [4.69, 9.17) is 4.74 Å². The zero-order chi connectivity index (χ0) is 14.5. The summed E-state index contributed by atoms with van der Waals surface area (Å²) in [4.78, 5) is 26.5.